The zero-order chi connectivity index (χ0) is 21.8. The van der Waals surface area contributed by atoms with Crippen molar-refractivity contribution in [3.8, 4) is 11.8 Å². The molecule has 7 heteroatoms. The van der Waals surface area contributed by atoms with Crippen molar-refractivity contribution in [1.82, 2.24) is 5.01 Å². The fourth-order valence-electron chi connectivity index (χ4n) is 4.22. The molecule has 3 aliphatic rings. The number of rotatable bonds is 3. The lowest BCUT2D eigenvalue weighted by atomic mass is 9.87. The minimum atomic E-state index is -0.978. The van der Waals surface area contributed by atoms with Gasteiger partial charge in [-0.25, -0.2) is 5.01 Å². The Morgan fingerprint density at radius 3 is 2.77 bits per heavy atom. The zero-order valence-electron chi connectivity index (χ0n) is 17.4. The lowest BCUT2D eigenvalue weighted by Gasteiger charge is -2.42. The van der Waals surface area contributed by atoms with Crippen LogP contribution in [0, 0.1) is 23.2 Å². The van der Waals surface area contributed by atoms with Gasteiger partial charge in [0.15, 0.2) is 6.10 Å². The summed E-state index contributed by atoms with van der Waals surface area (Å²) in [5.41, 5.74) is 1.16. The first-order chi connectivity index (χ1) is 14.9. The molecule has 7 nitrogen and oxygen atoms in total. The van der Waals surface area contributed by atoms with Crippen LogP contribution in [0.2, 0.25) is 0 Å². The van der Waals surface area contributed by atoms with Crippen molar-refractivity contribution in [3.63, 3.8) is 0 Å². The van der Waals surface area contributed by atoms with Crippen LogP contribution in [0.3, 0.4) is 0 Å². The highest BCUT2D eigenvalue weighted by Crippen LogP contribution is 2.48. The van der Waals surface area contributed by atoms with E-state index in [0.29, 0.717) is 35.7 Å². The van der Waals surface area contributed by atoms with Crippen molar-refractivity contribution < 1.29 is 19.4 Å². The van der Waals surface area contributed by atoms with Crippen molar-refractivity contribution in [3.05, 3.63) is 65.2 Å². The molecule has 2 aliphatic heterocycles. The van der Waals surface area contributed by atoms with E-state index in [1.807, 2.05) is 30.3 Å². The van der Waals surface area contributed by atoms with E-state index in [2.05, 4.69) is 11.2 Å². The smallest absolute Gasteiger partial charge is 0.247 e. The van der Waals surface area contributed by atoms with Crippen molar-refractivity contribution in [2.45, 2.75) is 44.6 Å². The Labute approximate surface area is 180 Å². The summed E-state index contributed by atoms with van der Waals surface area (Å²) in [6, 6.07) is 16.9. The van der Waals surface area contributed by atoms with Crippen LogP contribution in [0.4, 0.5) is 0 Å². The maximum absolute atomic E-state index is 12.7. The van der Waals surface area contributed by atoms with Crippen LogP contribution in [-0.2, 0) is 16.1 Å². The number of carbonyl (C=O) groups excluding carboxylic acids is 1. The van der Waals surface area contributed by atoms with E-state index < -0.39 is 17.8 Å². The Hall–Kier alpha value is -3.37. The highest BCUT2D eigenvalue weighted by atomic mass is 16.5. The third kappa shape index (κ3) is 3.43. The number of amides is 1. The largest absolute Gasteiger partial charge is 0.485 e. The number of ether oxygens (including phenoxy) is 2. The van der Waals surface area contributed by atoms with Crippen LogP contribution in [0.1, 0.15) is 43.1 Å². The Morgan fingerprint density at radius 2 is 2.03 bits per heavy atom. The van der Waals surface area contributed by atoms with E-state index in [0.717, 1.165) is 5.56 Å². The van der Waals surface area contributed by atoms with Crippen molar-refractivity contribution >= 4 is 11.8 Å². The standard InChI is InChI=1S/C24H23N3O4/c1-24(2)21(28)20(18-10-15(12-25)8-9-19(18)31-24)30-22-16-11-17(16)23(29)27(26-22)13-14-6-4-3-5-7-14/h3-10,16-17,20-21,28H,11,13H2,1-2H3. The van der Waals surface area contributed by atoms with Gasteiger partial charge in [0, 0.05) is 11.5 Å². The van der Waals surface area contributed by atoms with Crippen LogP contribution in [0.25, 0.3) is 0 Å². The number of aliphatic hydroxyl groups is 1. The predicted octanol–water partition coefficient (Wildman–Crippen LogP) is 3.14. The molecule has 2 aromatic rings. The molecule has 1 aliphatic carbocycles. The first kappa shape index (κ1) is 19.6. The lowest BCUT2D eigenvalue weighted by molar-refractivity contribution is -0.135. The van der Waals surface area contributed by atoms with Crippen molar-refractivity contribution in [2.24, 2.45) is 16.9 Å². The quantitative estimate of drug-likeness (QED) is 0.828. The van der Waals surface area contributed by atoms with E-state index in [1.54, 1.807) is 32.0 Å². The first-order valence-corrected chi connectivity index (χ1v) is 10.4. The number of hydrogen-bond acceptors (Lipinski definition) is 6. The average molecular weight is 417 g/mol. The van der Waals surface area contributed by atoms with E-state index in [9.17, 15) is 15.2 Å². The Bertz CT molecular complexity index is 1110. The average Bonchev–Trinajstić information content (AvgIpc) is 3.56. The van der Waals surface area contributed by atoms with Gasteiger partial charge < -0.3 is 14.6 Å². The number of carbonyl (C=O) groups is 1. The third-order valence-corrected chi connectivity index (χ3v) is 6.14. The number of benzene rings is 2. The maximum Gasteiger partial charge on any atom is 0.247 e. The molecule has 0 radical (unpaired) electrons. The summed E-state index contributed by atoms with van der Waals surface area (Å²) in [5.74, 6) is 0.823. The summed E-state index contributed by atoms with van der Waals surface area (Å²) < 4.78 is 12.3. The van der Waals surface area contributed by atoms with Gasteiger partial charge in [0.25, 0.3) is 0 Å². The van der Waals surface area contributed by atoms with Gasteiger partial charge in [-0.2, -0.15) is 5.26 Å². The van der Waals surface area contributed by atoms with E-state index in [1.165, 1.54) is 5.01 Å². The Balaban J connectivity index is 1.47. The van der Waals surface area contributed by atoms with Gasteiger partial charge in [-0.1, -0.05) is 30.3 Å². The Kier molecular flexibility index (Phi) is 4.49. The maximum atomic E-state index is 12.7. The second-order valence-corrected chi connectivity index (χ2v) is 8.82. The number of hydrogen-bond donors (Lipinski definition) is 1. The molecule has 1 amide bonds. The molecule has 1 saturated carbocycles. The molecule has 0 saturated heterocycles. The molecule has 0 aromatic heterocycles. The van der Waals surface area contributed by atoms with E-state index >= 15 is 0 Å². The molecular weight excluding hydrogens is 394 g/mol. The zero-order valence-corrected chi connectivity index (χ0v) is 17.4. The third-order valence-electron chi connectivity index (χ3n) is 6.14. The van der Waals surface area contributed by atoms with Gasteiger partial charge in [0.2, 0.25) is 11.8 Å². The molecule has 31 heavy (non-hydrogen) atoms. The molecule has 5 rings (SSSR count). The monoisotopic (exact) mass is 417 g/mol. The topological polar surface area (TPSA) is 95.2 Å². The summed E-state index contributed by atoms with van der Waals surface area (Å²) in [4.78, 5) is 12.7. The fourth-order valence-corrected chi connectivity index (χ4v) is 4.22. The van der Waals surface area contributed by atoms with E-state index in [4.69, 9.17) is 9.47 Å². The van der Waals surface area contributed by atoms with Crippen LogP contribution in [-0.4, -0.2) is 33.6 Å². The summed E-state index contributed by atoms with van der Waals surface area (Å²) >= 11 is 0. The molecule has 0 bridgehead atoms. The molecule has 1 N–H and O–H groups in total. The van der Waals surface area contributed by atoms with Crippen molar-refractivity contribution in [2.75, 3.05) is 0 Å². The first-order valence-electron chi connectivity index (χ1n) is 10.4. The Morgan fingerprint density at radius 1 is 1.26 bits per heavy atom. The number of fused-ring (bicyclic) bond motifs is 2. The van der Waals surface area contributed by atoms with Gasteiger partial charge in [-0.3, -0.25) is 4.79 Å². The second-order valence-electron chi connectivity index (χ2n) is 8.82. The highest BCUT2D eigenvalue weighted by molar-refractivity contribution is 5.96. The molecule has 2 heterocycles. The van der Waals surface area contributed by atoms with E-state index in [-0.39, 0.29) is 17.7 Å². The molecule has 0 spiro atoms. The molecular formula is C24H23N3O4. The number of nitrogens with zero attached hydrogens (tertiary/aromatic N) is 3. The lowest BCUT2D eigenvalue weighted by Crippen LogP contribution is -2.50. The predicted molar refractivity (Wildman–Crippen MR) is 112 cm³/mol. The second kappa shape index (κ2) is 7.10. The molecule has 158 valence electrons. The van der Waals surface area contributed by atoms with Gasteiger partial charge in [-0.15, -0.1) is 5.10 Å². The normalized spacial score (nSPS) is 27.9. The van der Waals surface area contributed by atoms with Crippen LogP contribution in [0.15, 0.2) is 53.6 Å². The summed E-state index contributed by atoms with van der Waals surface area (Å²) in [6.07, 6.45) is -1.04. The number of nitriles is 1. The fraction of sp³-hybridized carbons (Fsp3) is 0.375. The van der Waals surface area contributed by atoms with Gasteiger partial charge in [0.05, 0.1) is 24.1 Å². The summed E-state index contributed by atoms with van der Waals surface area (Å²) in [7, 11) is 0. The number of hydrazone groups is 1. The minimum absolute atomic E-state index is 0.00113. The molecule has 4 unspecified atom stereocenters. The minimum Gasteiger partial charge on any atom is -0.485 e. The molecule has 2 aromatic carbocycles. The van der Waals surface area contributed by atoms with Gasteiger partial charge in [0.1, 0.15) is 17.5 Å². The highest BCUT2D eigenvalue weighted by Gasteiger charge is 2.55. The summed E-state index contributed by atoms with van der Waals surface area (Å²) in [6.45, 7) is 3.96. The van der Waals surface area contributed by atoms with Crippen LogP contribution >= 0.6 is 0 Å². The SMILES string of the molecule is CC1(C)Oc2ccc(C#N)cc2C(OC2=NN(Cc3ccccc3)C(=O)C3CC23)C1O. The van der Waals surface area contributed by atoms with Crippen LogP contribution in [0.5, 0.6) is 5.75 Å². The van der Waals surface area contributed by atoms with Gasteiger partial charge in [-0.05, 0) is 44.0 Å². The van der Waals surface area contributed by atoms with Crippen molar-refractivity contribution in [1.29, 1.82) is 5.26 Å². The molecule has 1 fully saturated rings. The number of aliphatic hydroxyl groups excluding tert-OH is 1. The van der Waals surface area contributed by atoms with Gasteiger partial charge >= 0.3 is 0 Å². The summed E-state index contributed by atoms with van der Waals surface area (Å²) in [5, 5.41) is 26.3. The molecule has 4 atom stereocenters. The van der Waals surface area contributed by atoms with Crippen LogP contribution < -0.4 is 4.74 Å².